The number of aliphatic hydroxyl groups is 1. The van der Waals surface area contributed by atoms with Gasteiger partial charge in [-0.15, -0.1) is 0 Å². The van der Waals surface area contributed by atoms with Crippen LogP contribution in [0.3, 0.4) is 0 Å². The third-order valence-electron chi connectivity index (χ3n) is 4.07. The molecule has 0 aromatic carbocycles. The second-order valence-corrected chi connectivity index (χ2v) is 5.27. The summed E-state index contributed by atoms with van der Waals surface area (Å²) in [5.74, 6) is -0.390. The summed E-state index contributed by atoms with van der Waals surface area (Å²) in [7, 11) is 0. The Bertz CT molecular complexity index is 225. The van der Waals surface area contributed by atoms with Gasteiger partial charge >= 0.3 is 5.97 Å². The molecule has 2 N–H and O–H groups in total. The maximum Gasteiger partial charge on any atom is 0.306 e. The van der Waals surface area contributed by atoms with Crippen molar-refractivity contribution in [2.75, 3.05) is 0 Å². The molecule has 1 rings (SSSR count). The molecule has 0 heterocycles. The molecule has 88 valence electrons. The zero-order chi connectivity index (χ0) is 11.6. The van der Waals surface area contributed by atoms with Crippen molar-refractivity contribution in [3.05, 3.63) is 0 Å². The molecule has 3 heteroatoms. The summed E-state index contributed by atoms with van der Waals surface area (Å²) < 4.78 is 0. The van der Waals surface area contributed by atoms with Crippen molar-refractivity contribution in [2.45, 2.75) is 52.1 Å². The van der Waals surface area contributed by atoms with Gasteiger partial charge in [0.15, 0.2) is 0 Å². The lowest BCUT2D eigenvalue weighted by atomic mass is 9.70. The minimum atomic E-state index is -0.683. The molecule has 0 spiro atoms. The molecule has 0 bridgehead atoms. The van der Waals surface area contributed by atoms with Gasteiger partial charge in [0.05, 0.1) is 11.5 Å². The molecule has 1 aliphatic carbocycles. The van der Waals surface area contributed by atoms with E-state index in [-0.39, 0.29) is 17.8 Å². The molecular formula is C12H22O3. The van der Waals surface area contributed by atoms with Crippen LogP contribution in [0.4, 0.5) is 0 Å². The maximum absolute atomic E-state index is 10.8. The highest BCUT2D eigenvalue weighted by Gasteiger charge is 2.38. The summed E-state index contributed by atoms with van der Waals surface area (Å²) >= 11 is 0. The van der Waals surface area contributed by atoms with Crippen LogP contribution in [0.1, 0.15) is 46.5 Å². The van der Waals surface area contributed by atoms with Crippen LogP contribution in [0, 0.1) is 17.8 Å². The van der Waals surface area contributed by atoms with E-state index in [1.165, 1.54) is 0 Å². The van der Waals surface area contributed by atoms with Gasteiger partial charge in [-0.25, -0.2) is 0 Å². The molecule has 0 saturated heterocycles. The monoisotopic (exact) mass is 214 g/mol. The van der Waals surface area contributed by atoms with E-state index in [1.807, 2.05) is 20.8 Å². The van der Waals surface area contributed by atoms with Crippen LogP contribution in [0.15, 0.2) is 0 Å². The molecule has 0 amide bonds. The first-order valence-electron chi connectivity index (χ1n) is 5.81. The highest BCUT2D eigenvalue weighted by molar-refractivity contribution is 5.70. The van der Waals surface area contributed by atoms with Gasteiger partial charge < -0.3 is 10.2 Å². The van der Waals surface area contributed by atoms with E-state index in [2.05, 4.69) is 0 Å². The van der Waals surface area contributed by atoms with Crippen molar-refractivity contribution in [3.63, 3.8) is 0 Å². The molecule has 1 unspecified atom stereocenters. The van der Waals surface area contributed by atoms with Crippen molar-refractivity contribution < 1.29 is 15.0 Å². The molecular weight excluding hydrogens is 192 g/mol. The van der Waals surface area contributed by atoms with E-state index in [9.17, 15) is 9.90 Å². The summed E-state index contributed by atoms with van der Waals surface area (Å²) in [6.07, 6.45) is 3.09. The van der Waals surface area contributed by atoms with Crippen LogP contribution >= 0.6 is 0 Å². The Labute approximate surface area is 91.5 Å². The van der Waals surface area contributed by atoms with E-state index in [0.29, 0.717) is 12.8 Å². The minimum Gasteiger partial charge on any atom is -0.481 e. The number of carboxylic acid groups (broad SMARTS) is 1. The summed E-state index contributed by atoms with van der Waals surface area (Å²) in [4.78, 5) is 10.8. The first kappa shape index (κ1) is 12.5. The predicted octanol–water partition coefficient (Wildman–Crippen LogP) is 2.28. The van der Waals surface area contributed by atoms with E-state index in [4.69, 9.17) is 5.11 Å². The molecule has 1 aliphatic rings. The molecule has 0 aromatic rings. The first-order chi connectivity index (χ1) is 6.85. The van der Waals surface area contributed by atoms with Crippen LogP contribution < -0.4 is 0 Å². The fourth-order valence-electron chi connectivity index (χ4n) is 2.40. The van der Waals surface area contributed by atoms with Gasteiger partial charge in [0, 0.05) is 0 Å². The lowest BCUT2D eigenvalue weighted by Crippen LogP contribution is -2.42. The van der Waals surface area contributed by atoms with Gasteiger partial charge in [-0.05, 0) is 44.4 Å². The number of carbonyl (C=O) groups is 1. The number of hydrogen-bond acceptors (Lipinski definition) is 2. The number of hydrogen-bond donors (Lipinski definition) is 2. The average Bonchev–Trinajstić information content (AvgIpc) is 2.17. The van der Waals surface area contributed by atoms with E-state index in [0.717, 1.165) is 12.8 Å². The lowest BCUT2D eigenvalue weighted by molar-refractivity contribution is -0.144. The topological polar surface area (TPSA) is 57.5 Å². The van der Waals surface area contributed by atoms with Crippen LogP contribution in [0.5, 0.6) is 0 Å². The van der Waals surface area contributed by atoms with Crippen LogP contribution in [0.2, 0.25) is 0 Å². The Morgan fingerprint density at radius 3 is 2.07 bits per heavy atom. The second-order valence-electron chi connectivity index (χ2n) is 5.27. The quantitative estimate of drug-likeness (QED) is 0.757. The number of rotatable bonds is 3. The summed E-state index contributed by atoms with van der Waals surface area (Å²) in [5.41, 5.74) is -0.649. The van der Waals surface area contributed by atoms with Crippen molar-refractivity contribution in [3.8, 4) is 0 Å². The molecule has 0 radical (unpaired) electrons. The molecule has 15 heavy (non-hydrogen) atoms. The third-order valence-corrected chi connectivity index (χ3v) is 4.07. The summed E-state index contributed by atoms with van der Waals surface area (Å²) in [5, 5.41) is 19.2. The van der Waals surface area contributed by atoms with Crippen molar-refractivity contribution >= 4 is 5.97 Å². The van der Waals surface area contributed by atoms with E-state index >= 15 is 0 Å². The van der Waals surface area contributed by atoms with Gasteiger partial charge in [0.1, 0.15) is 0 Å². The van der Waals surface area contributed by atoms with Gasteiger partial charge in [-0.1, -0.05) is 13.8 Å². The lowest BCUT2D eigenvalue weighted by Gasteiger charge is -2.40. The fourth-order valence-corrected chi connectivity index (χ4v) is 2.40. The Kier molecular flexibility index (Phi) is 3.77. The Hall–Kier alpha value is -0.570. The standard InChI is InChI=1S/C12H22O3/c1-8(2)12(3,15)10-6-4-9(5-7-10)11(13)14/h8-10,15H,4-7H2,1-3H3,(H,13,14). The number of carboxylic acids is 1. The highest BCUT2D eigenvalue weighted by Crippen LogP contribution is 2.38. The molecule has 0 aromatic heterocycles. The summed E-state index contributed by atoms with van der Waals surface area (Å²) in [6.45, 7) is 5.91. The molecule has 0 aliphatic heterocycles. The van der Waals surface area contributed by atoms with E-state index < -0.39 is 11.6 Å². The van der Waals surface area contributed by atoms with Crippen LogP contribution in [-0.2, 0) is 4.79 Å². The number of aliphatic carboxylic acids is 1. The Morgan fingerprint density at radius 2 is 1.73 bits per heavy atom. The SMILES string of the molecule is CC(C)C(C)(O)C1CCC(C(=O)O)CC1. The predicted molar refractivity (Wildman–Crippen MR) is 58.5 cm³/mol. The molecule has 1 atom stereocenters. The third kappa shape index (κ3) is 2.71. The normalized spacial score (nSPS) is 31.3. The van der Waals surface area contributed by atoms with Gasteiger partial charge in [0.2, 0.25) is 0 Å². The Morgan fingerprint density at radius 1 is 1.27 bits per heavy atom. The van der Waals surface area contributed by atoms with E-state index in [1.54, 1.807) is 0 Å². The zero-order valence-electron chi connectivity index (χ0n) is 9.86. The summed E-state index contributed by atoms with van der Waals surface area (Å²) in [6, 6.07) is 0. The van der Waals surface area contributed by atoms with Crippen molar-refractivity contribution in [1.82, 2.24) is 0 Å². The molecule has 1 saturated carbocycles. The highest BCUT2D eigenvalue weighted by atomic mass is 16.4. The Balaban J connectivity index is 2.54. The molecule has 3 nitrogen and oxygen atoms in total. The molecule has 1 fully saturated rings. The zero-order valence-corrected chi connectivity index (χ0v) is 9.86. The van der Waals surface area contributed by atoms with Gasteiger partial charge in [0.25, 0.3) is 0 Å². The van der Waals surface area contributed by atoms with Crippen LogP contribution in [0.25, 0.3) is 0 Å². The van der Waals surface area contributed by atoms with Crippen molar-refractivity contribution in [2.24, 2.45) is 17.8 Å². The largest absolute Gasteiger partial charge is 0.481 e. The first-order valence-corrected chi connectivity index (χ1v) is 5.81. The maximum atomic E-state index is 10.8. The average molecular weight is 214 g/mol. The van der Waals surface area contributed by atoms with Crippen molar-refractivity contribution in [1.29, 1.82) is 0 Å². The van der Waals surface area contributed by atoms with Gasteiger partial charge in [-0.2, -0.15) is 0 Å². The van der Waals surface area contributed by atoms with Crippen LogP contribution in [-0.4, -0.2) is 21.8 Å². The fraction of sp³-hybridized carbons (Fsp3) is 0.917. The van der Waals surface area contributed by atoms with Gasteiger partial charge in [-0.3, -0.25) is 4.79 Å². The minimum absolute atomic E-state index is 0.191. The second kappa shape index (κ2) is 4.52. The smallest absolute Gasteiger partial charge is 0.306 e.